The Morgan fingerprint density at radius 1 is 1.11 bits per heavy atom. The van der Waals surface area contributed by atoms with Crippen molar-refractivity contribution in [2.75, 3.05) is 34.0 Å². The third-order valence-corrected chi connectivity index (χ3v) is 2.88. The van der Waals surface area contributed by atoms with Crippen LogP contribution in [0.25, 0.3) is 0 Å². The van der Waals surface area contributed by atoms with Gasteiger partial charge in [0.05, 0.1) is 34.0 Å². The Kier molecular flexibility index (Phi) is 5.30. The van der Waals surface area contributed by atoms with E-state index in [-0.39, 0.29) is 6.29 Å². The molecule has 106 valence electrons. The highest BCUT2D eigenvalue weighted by Crippen LogP contribution is 2.36. The van der Waals surface area contributed by atoms with Crippen LogP contribution >= 0.6 is 0 Å². The molecule has 0 atom stereocenters. The number of benzene rings is 1. The first-order valence-electron chi connectivity index (χ1n) is 6.42. The molecule has 0 saturated carbocycles. The summed E-state index contributed by atoms with van der Waals surface area (Å²) in [5, 5.41) is 0. The molecule has 1 aliphatic heterocycles. The van der Waals surface area contributed by atoms with Crippen molar-refractivity contribution in [2.45, 2.75) is 19.1 Å². The molecule has 1 fully saturated rings. The van der Waals surface area contributed by atoms with Crippen molar-refractivity contribution in [3.8, 4) is 17.2 Å². The second kappa shape index (κ2) is 7.21. The average Bonchev–Trinajstić information content (AvgIpc) is 2.48. The number of ether oxygens (including phenoxy) is 5. The topological polar surface area (TPSA) is 46.2 Å². The zero-order chi connectivity index (χ0) is 13.5. The van der Waals surface area contributed by atoms with Crippen LogP contribution in [-0.4, -0.2) is 40.3 Å². The fourth-order valence-electron chi connectivity index (χ4n) is 1.92. The zero-order valence-corrected chi connectivity index (χ0v) is 11.4. The molecule has 0 spiro atoms. The molecule has 1 heterocycles. The molecule has 1 aromatic rings. The summed E-state index contributed by atoms with van der Waals surface area (Å²) in [6, 6.07) is 5.54. The lowest BCUT2D eigenvalue weighted by Crippen LogP contribution is -2.26. The van der Waals surface area contributed by atoms with Crippen molar-refractivity contribution in [1.29, 1.82) is 0 Å². The largest absolute Gasteiger partial charge is 0.493 e. The molecule has 5 heteroatoms. The van der Waals surface area contributed by atoms with Crippen molar-refractivity contribution in [1.82, 2.24) is 0 Å². The molecule has 0 unspecified atom stereocenters. The lowest BCUT2D eigenvalue weighted by Gasteiger charge is -2.23. The van der Waals surface area contributed by atoms with E-state index in [9.17, 15) is 0 Å². The maximum Gasteiger partial charge on any atom is 0.203 e. The molecule has 0 aromatic heterocycles. The first kappa shape index (κ1) is 14.0. The normalized spacial score (nSPS) is 16.1. The number of hydrogen-bond donors (Lipinski definition) is 0. The van der Waals surface area contributed by atoms with Crippen molar-refractivity contribution < 1.29 is 23.7 Å². The zero-order valence-electron chi connectivity index (χ0n) is 11.4. The van der Waals surface area contributed by atoms with Gasteiger partial charge in [-0.1, -0.05) is 6.07 Å². The van der Waals surface area contributed by atoms with Crippen molar-refractivity contribution in [2.24, 2.45) is 0 Å². The van der Waals surface area contributed by atoms with Gasteiger partial charge in [-0.05, 0) is 18.6 Å². The average molecular weight is 268 g/mol. The van der Waals surface area contributed by atoms with Gasteiger partial charge in [0.15, 0.2) is 17.8 Å². The van der Waals surface area contributed by atoms with Crippen LogP contribution in [0.2, 0.25) is 0 Å². The molecule has 0 N–H and O–H groups in total. The predicted octanol–water partition coefficient (Wildman–Crippen LogP) is 2.24. The van der Waals surface area contributed by atoms with Gasteiger partial charge in [0, 0.05) is 6.42 Å². The first-order valence-corrected chi connectivity index (χ1v) is 6.42. The Balaban J connectivity index is 1.90. The third kappa shape index (κ3) is 3.75. The van der Waals surface area contributed by atoms with Crippen molar-refractivity contribution in [3.63, 3.8) is 0 Å². The van der Waals surface area contributed by atoms with Gasteiger partial charge in [0.1, 0.15) is 0 Å². The van der Waals surface area contributed by atoms with Gasteiger partial charge >= 0.3 is 0 Å². The van der Waals surface area contributed by atoms with E-state index in [2.05, 4.69) is 0 Å². The quantitative estimate of drug-likeness (QED) is 0.791. The predicted molar refractivity (Wildman–Crippen MR) is 70.0 cm³/mol. The van der Waals surface area contributed by atoms with Crippen molar-refractivity contribution in [3.05, 3.63) is 18.2 Å². The van der Waals surface area contributed by atoms with E-state index in [0.717, 1.165) is 19.6 Å². The van der Waals surface area contributed by atoms with E-state index in [1.54, 1.807) is 14.2 Å². The van der Waals surface area contributed by atoms with E-state index in [0.29, 0.717) is 30.3 Å². The van der Waals surface area contributed by atoms with Crippen LogP contribution in [0.4, 0.5) is 0 Å². The molecule has 2 rings (SSSR count). The van der Waals surface area contributed by atoms with Gasteiger partial charge < -0.3 is 23.7 Å². The summed E-state index contributed by atoms with van der Waals surface area (Å²) in [5.41, 5.74) is 0. The molecular formula is C14H20O5. The van der Waals surface area contributed by atoms with Crippen LogP contribution in [0, 0.1) is 0 Å². The highest BCUT2D eigenvalue weighted by molar-refractivity contribution is 5.51. The van der Waals surface area contributed by atoms with Crippen LogP contribution < -0.4 is 14.2 Å². The standard InChI is InChI=1S/C14H20O5/c1-15-11-5-3-6-12(16-2)14(11)19-10-7-13-17-8-4-9-18-13/h3,5-6,13H,4,7-10H2,1-2H3. The maximum absolute atomic E-state index is 5.74. The molecule has 0 bridgehead atoms. The Morgan fingerprint density at radius 2 is 1.74 bits per heavy atom. The summed E-state index contributed by atoms with van der Waals surface area (Å²) in [6.45, 7) is 1.99. The lowest BCUT2D eigenvalue weighted by molar-refractivity contribution is -0.183. The Hall–Kier alpha value is -1.46. The molecule has 1 saturated heterocycles. The van der Waals surface area contributed by atoms with Gasteiger partial charge in [-0.3, -0.25) is 0 Å². The summed E-state index contributed by atoms with van der Waals surface area (Å²) in [5.74, 6) is 1.93. The number of para-hydroxylation sites is 1. The van der Waals surface area contributed by atoms with Gasteiger partial charge in [-0.2, -0.15) is 0 Å². The van der Waals surface area contributed by atoms with E-state index in [4.69, 9.17) is 23.7 Å². The fourth-order valence-corrected chi connectivity index (χ4v) is 1.92. The monoisotopic (exact) mass is 268 g/mol. The molecule has 0 amide bonds. The van der Waals surface area contributed by atoms with Gasteiger partial charge in [0.25, 0.3) is 0 Å². The summed E-state index contributed by atoms with van der Waals surface area (Å²) in [4.78, 5) is 0. The van der Waals surface area contributed by atoms with Gasteiger partial charge in [-0.15, -0.1) is 0 Å². The Bertz CT molecular complexity index is 365. The second-order valence-electron chi connectivity index (χ2n) is 4.15. The van der Waals surface area contributed by atoms with Crippen LogP contribution in [0.15, 0.2) is 18.2 Å². The molecule has 0 aliphatic carbocycles. The van der Waals surface area contributed by atoms with E-state index < -0.39 is 0 Å². The smallest absolute Gasteiger partial charge is 0.203 e. The fraction of sp³-hybridized carbons (Fsp3) is 0.571. The summed E-state index contributed by atoms with van der Waals surface area (Å²) < 4.78 is 27.2. The Labute approximate surface area is 113 Å². The summed E-state index contributed by atoms with van der Waals surface area (Å²) in [6.07, 6.45) is 1.47. The van der Waals surface area contributed by atoms with E-state index in [1.165, 1.54) is 0 Å². The summed E-state index contributed by atoms with van der Waals surface area (Å²) in [7, 11) is 3.21. The molecule has 0 radical (unpaired) electrons. The highest BCUT2D eigenvalue weighted by atomic mass is 16.7. The molecule has 5 nitrogen and oxygen atoms in total. The van der Waals surface area contributed by atoms with Crippen LogP contribution in [-0.2, 0) is 9.47 Å². The highest BCUT2D eigenvalue weighted by Gasteiger charge is 2.16. The number of hydrogen-bond acceptors (Lipinski definition) is 5. The number of rotatable bonds is 6. The minimum Gasteiger partial charge on any atom is -0.493 e. The van der Waals surface area contributed by atoms with Crippen LogP contribution in [0.5, 0.6) is 17.2 Å². The molecular weight excluding hydrogens is 248 g/mol. The number of methoxy groups -OCH3 is 2. The minimum atomic E-state index is -0.172. The second-order valence-corrected chi connectivity index (χ2v) is 4.15. The SMILES string of the molecule is COc1cccc(OC)c1OCCC1OCCCO1. The lowest BCUT2D eigenvalue weighted by atomic mass is 10.3. The molecule has 1 aromatic carbocycles. The van der Waals surface area contributed by atoms with Gasteiger partial charge in [0.2, 0.25) is 5.75 Å². The van der Waals surface area contributed by atoms with E-state index in [1.807, 2.05) is 18.2 Å². The third-order valence-electron chi connectivity index (χ3n) is 2.88. The van der Waals surface area contributed by atoms with Crippen molar-refractivity contribution >= 4 is 0 Å². The van der Waals surface area contributed by atoms with Gasteiger partial charge in [-0.25, -0.2) is 0 Å². The van der Waals surface area contributed by atoms with E-state index >= 15 is 0 Å². The van der Waals surface area contributed by atoms with Crippen LogP contribution in [0.3, 0.4) is 0 Å². The molecule has 19 heavy (non-hydrogen) atoms. The maximum atomic E-state index is 5.74. The summed E-state index contributed by atoms with van der Waals surface area (Å²) >= 11 is 0. The first-order chi connectivity index (χ1) is 9.35. The van der Waals surface area contributed by atoms with Crippen LogP contribution in [0.1, 0.15) is 12.8 Å². The Morgan fingerprint density at radius 3 is 2.32 bits per heavy atom. The minimum absolute atomic E-state index is 0.172. The molecule has 1 aliphatic rings.